The van der Waals surface area contributed by atoms with Crippen LogP contribution in [-0.2, 0) is 6.54 Å². The molecule has 2 atom stereocenters. The summed E-state index contributed by atoms with van der Waals surface area (Å²) in [6.07, 6.45) is 3.20. The highest BCUT2D eigenvalue weighted by atomic mass is 15.4. The van der Waals surface area contributed by atoms with Gasteiger partial charge in [0.15, 0.2) is 0 Å². The molecule has 0 aliphatic heterocycles. The largest absolute Gasteiger partial charge is 0.322 e. The van der Waals surface area contributed by atoms with Gasteiger partial charge in [0.2, 0.25) is 0 Å². The van der Waals surface area contributed by atoms with Crippen LogP contribution in [0.25, 0.3) is 0 Å². The van der Waals surface area contributed by atoms with Crippen LogP contribution in [0.1, 0.15) is 52.8 Å². The molecule has 4 nitrogen and oxygen atoms in total. The fraction of sp³-hybridized carbons (Fsp3) is 0.846. The average molecular weight is 238 g/mol. The monoisotopic (exact) mass is 238 g/mol. The summed E-state index contributed by atoms with van der Waals surface area (Å²) in [7, 11) is 0. The topological polar surface area (TPSA) is 56.7 Å². The van der Waals surface area contributed by atoms with Crippen molar-refractivity contribution in [2.45, 2.75) is 53.6 Å². The number of aromatic nitrogens is 3. The molecule has 0 saturated heterocycles. The van der Waals surface area contributed by atoms with E-state index in [0.29, 0.717) is 11.8 Å². The summed E-state index contributed by atoms with van der Waals surface area (Å²) < 4.78 is 1.92. The normalized spacial score (nSPS) is 15.5. The van der Waals surface area contributed by atoms with Gasteiger partial charge in [-0.15, -0.1) is 5.10 Å². The van der Waals surface area contributed by atoms with E-state index >= 15 is 0 Å². The molecule has 98 valence electrons. The maximum Gasteiger partial charge on any atom is 0.0996 e. The van der Waals surface area contributed by atoms with Crippen LogP contribution in [0.2, 0.25) is 0 Å². The summed E-state index contributed by atoms with van der Waals surface area (Å²) >= 11 is 0. The molecule has 1 rings (SSSR count). The van der Waals surface area contributed by atoms with Crippen LogP contribution in [-0.4, -0.2) is 15.0 Å². The summed E-state index contributed by atoms with van der Waals surface area (Å²) in [5.41, 5.74) is 6.95. The highest BCUT2D eigenvalue weighted by molar-refractivity contribution is 5.00. The van der Waals surface area contributed by atoms with E-state index in [2.05, 4.69) is 44.9 Å². The van der Waals surface area contributed by atoms with Crippen molar-refractivity contribution in [3.63, 3.8) is 0 Å². The molecule has 1 heterocycles. The highest BCUT2D eigenvalue weighted by Gasteiger charge is 2.15. The zero-order valence-corrected chi connectivity index (χ0v) is 11.7. The fourth-order valence-electron chi connectivity index (χ4n) is 2.10. The van der Waals surface area contributed by atoms with Gasteiger partial charge in [0.1, 0.15) is 0 Å². The zero-order valence-electron chi connectivity index (χ0n) is 11.7. The minimum atomic E-state index is -0.0100. The van der Waals surface area contributed by atoms with Crippen molar-refractivity contribution in [2.24, 2.45) is 23.5 Å². The van der Waals surface area contributed by atoms with Crippen LogP contribution in [0.3, 0.4) is 0 Å². The Balaban J connectivity index is 2.56. The van der Waals surface area contributed by atoms with Gasteiger partial charge in [-0.2, -0.15) is 0 Å². The summed E-state index contributed by atoms with van der Waals surface area (Å²) in [6, 6.07) is -0.0100. The predicted octanol–water partition coefficient (Wildman–Crippen LogP) is 2.62. The van der Waals surface area contributed by atoms with Crippen molar-refractivity contribution in [1.82, 2.24) is 15.0 Å². The van der Waals surface area contributed by atoms with Crippen LogP contribution in [0.5, 0.6) is 0 Å². The summed E-state index contributed by atoms with van der Waals surface area (Å²) in [5.74, 6) is 1.75. The second-order valence-electron chi connectivity index (χ2n) is 5.87. The molecule has 0 bridgehead atoms. The molecule has 2 N–H and O–H groups in total. The van der Waals surface area contributed by atoms with Gasteiger partial charge in [0, 0.05) is 6.54 Å². The van der Waals surface area contributed by atoms with Gasteiger partial charge in [-0.1, -0.05) is 39.8 Å². The van der Waals surface area contributed by atoms with Crippen LogP contribution in [0, 0.1) is 17.8 Å². The second-order valence-corrected chi connectivity index (χ2v) is 5.87. The zero-order chi connectivity index (χ0) is 13.0. The molecule has 1 aromatic rings. The maximum atomic E-state index is 6.05. The van der Waals surface area contributed by atoms with Crippen molar-refractivity contribution in [3.05, 3.63) is 11.9 Å². The first kappa shape index (κ1) is 14.2. The third kappa shape index (κ3) is 4.46. The van der Waals surface area contributed by atoms with E-state index < -0.39 is 0 Å². The molecule has 0 aliphatic rings. The number of nitrogens with two attached hydrogens (primary N) is 1. The van der Waals surface area contributed by atoms with E-state index in [-0.39, 0.29) is 6.04 Å². The van der Waals surface area contributed by atoms with Crippen molar-refractivity contribution < 1.29 is 0 Å². The van der Waals surface area contributed by atoms with E-state index in [9.17, 15) is 0 Å². The molecule has 1 aromatic heterocycles. The predicted molar refractivity (Wildman–Crippen MR) is 70.4 cm³/mol. The average Bonchev–Trinajstić information content (AvgIpc) is 2.63. The lowest BCUT2D eigenvalue weighted by Gasteiger charge is -2.13. The van der Waals surface area contributed by atoms with Crippen molar-refractivity contribution in [3.8, 4) is 0 Å². The van der Waals surface area contributed by atoms with E-state index in [0.717, 1.165) is 18.2 Å². The second kappa shape index (κ2) is 6.15. The summed E-state index contributed by atoms with van der Waals surface area (Å²) in [6.45, 7) is 11.9. The smallest absolute Gasteiger partial charge is 0.0996 e. The van der Waals surface area contributed by atoms with Crippen molar-refractivity contribution >= 4 is 0 Å². The van der Waals surface area contributed by atoms with Gasteiger partial charge < -0.3 is 5.73 Å². The van der Waals surface area contributed by atoms with Crippen molar-refractivity contribution in [2.75, 3.05) is 0 Å². The lowest BCUT2D eigenvalue weighted by Crippen LogP contribution is -2.17. The van der Waals surface area contributed by atoms with E-state index in [1.54, 1.807) is 0 Å². The van der Waals surface area contributed by atoms with Crippen LogP contribution >= 0.6 is 0 Å². The molecule has 0 fully saturated rings. The number of nitrogens with zero attached hydrogens (tertiary/aromatic N) is 3. The quantitative estimate of drug-likeness (QED) is 0.828. The molecule has 0 radical (unpaired) electrons. The van der Waals surface area contributed by atoms with E-state index in [1.807, 2.05) is 10.9 Å². The molecule has 17 heavy (non-hydrogen) atoms. The Hall–Kier alpha value is -0.900. The van der Waals surface area contributed by atoms with Crippen LogP contribution < -0.4 is 5.73 Å². The molecule has 0 saturated carbocycles. The third-order valence-electron chi connectivity index (χ3n) is 2.99. The molecular formula is C13H26N4. The Morgan fingerprint density at radius 3 is 2.41 bits per heavy atom. The number of hydrogen-bond acceptors (Lipinski definition) is 3. The maximum absolute atomic E-state index is 6.05. The molecule has 0 aromatic carbocycles. The minimum absolute atomic E-state index is 0.0100. The molecule has 2 unspecified atom stereocenters. The minimum Gasteiger partial charge on any atom is -0.322 e. The van der Waals surface area contributed by atoms with Gasteiger partial charge in [-0.3, -0.25) is 4.68 Å². The highest BCUT2D eigenvalue weighted by Crippen LogP contribution is 2.17. The van der Waals surface area contributed by atoms with E-state index in [4.69, 9.17) is 5.73 Å². The Morgan fingerprint density at radius 1 is 1.24 bits per heavy atom. The summed E-state index contributed by atoms with van der Waals surface area (Å²) in [5, 5.41) is 8.31. The SMILES string of the molecule is CC(C)CC(C)Cn1cc(C(N)C(C)C)nn1. The summed E-state index contributed by atoms with van der Waals surface area (Å²) in [4.78, 5) is 0. The van der Waals surface area contributed by atoms with E-state index in [1.165, 1.54) is 6.42 Å². The molecular weight excluding hydrogens is 212 g/mol. The van der Waals surface area contributed by atoms with Crippen LogP contribution in [0.15, 0.2) is 6.20 Å². The first-order valence-corrected chi connectivity index (χ1v) is 6.55. The standard InChI is InChI=1S/C13H26N4/c1-9(2)6-11(5)7-17-8-12(15-16-17)13(14)10(3)4/h8-11,13H,6-7,14H2,1-5H3. The number of rotatable bonds is 6. The number of hydrogen-bond donors (Lipinski definition) is 1. The molecule has 4 heteroatoms. The fourth-order valence-corrected chi connectivity index (χ4v) is 2.10. The Bertz CT molecular complexity index is 330. The van der Waals surface area contributed by atoms with Crippen molar-refractivity contribution in [1.29, 1.82) is 0 Å². The van der Waals surface area contributed by atoms with Crippen LogP contribution in [0.4, 0.5) is 0 Å². The Morgan fingerprint density at radius 2 is 1.88 bits per heavy atom. The van der Waals surface area contributed by atoms with Gasteiger partial charge in [0.05, 0.1) is 17.9 Å². The third-order valence-corrected chi connectivity index (χ3v) is 2.99. The van der Waals surface area contributed by atoms with Gasteiger partial charge >= 0.3 is 0 Å². The molecule has 0 spiro atoms. The Labute approximate surface area is 105 Å². The van der Waals surface area contributed by atoms with Gasteiger partial charge in [0.25, 0.3) is 0 Å². The Kier molecular flexibility index (Phi) is 5.12. The van der Waals surface area contributed by atoms with Gasteiger partial charge in [-0.25, -0.2) is 0 Å². The molecule has 0 aliphatic carbocycles. The van der Waals surface area contributed by atoms with Gasteiger partial charge in [-0.05, 0) is 24.2 Å². The lowest BCUT2D eigenvalue weighted by molar-refractivity contribution is 0.369. The molecule has 0 amide bonds. The first-order valence-electron chi connectivity index (χ1n) is 6.55. The first-order chi connectivity index (χ1) is 7.90. The lowest BCUT2D eigenvalue weighted by atomic mass is 9.99.